The average Bonchev–Trinajstić information content (AvgIpc) is 2.39. The summed E-state index contributed by atoms with van der Waals surface area (Å²) < 4.78 is 5.91. The van der Waals surface area contributed by atoms with Crippen molar-refractivity contribution in [2.45, 2.75) is 50.7 Å². The van der Waals surface area contributed by atoms with E-state index in [1.54, 1.807) is 0 Å². The third kappa shape index (κ3) is 3.26. The van der Waals surface area contributed by atoms with E-state index in [2.05, 4.69) is 19.1 Å². The lowest BCUT2D eigenvalue weighted by atomic mass is 9.80. The Labute approximate surface area is 114 Å². The molecule has 19 heavy (non-hydrogen) atoms. The van der Waals surface area contributed by atoms with Crippen molar-refractivity contribution in [2.24, 2.45) is 11.5 Å². The highest BCUT2D eigenvalue weighted by molar-refractivity contribution is 5.84. The van der Waals surface area contributed by atoms with Gasteiger partial charge in [-0.2, -0.15) is 0 Å². The summed E-state index contributed by atoms with van der Waals surface area (Å²) in [6.45, 7) is 2.12. The third-order valence-corrected chi connectivity index (χ3v) is 3.87. The highest BCUT2D eigenvalue weighted by Gasteiger charge is 2.38. The second kappa shape index (κ2) is 5.61. The third-order valence-electron chi connectivity index (χ3n) is 3.87. The van der Waals surface area contributed by atoms with Crippen LogP contribution in [0, 0.1) is 0 Å². The summed E-state index contributed by atoms with van der Waals surface area (Å²) in [6.07, 6.45) is 3.92. The molecule has 4 nitrogen and oxygen atoms in total. The van der Waals surface area contributed by atoms with Crippen molar-refractivity contribution in [3.05, 3.63) is 29.8 Å². The first-order valence-corrected chi connectivity index (χ1v) is 6.88. The summed E-state index contributed by atoms with van der Waals surface area (Å²) in [6, 6.07) is 8.05. The Bertz CT molecular complexity index is 444. The zero-order valence-corrected chi connectivity index (χ0v) is 11.4. The molecule has 1 saturated carbocycles. The van der Waals surface area contributed by atoms with Crippen LogP contribution in [-0.4, -0.2) is 17.6 Å². The molecule has 0 heterocycles. The molecular formula is C15H22N2O2. The number of hydrogen-bond donors (Lipinski definition) is 2. The Kier molecular flexibility index (Phi) is 4.10. The Morgan fingerprint density at radius 1 is 1.42 bits per heavy atom. The first kappa shape index (κ1) is 13.9. The largest absolute Gasteiger partial charge is 0.490 e. The normalized spacial score (nSPS) is 26.9. The Balaban J connectivity index is 2.00. The number of carbonyl (C=O) groups is 1. The quantitative estimate of drug-likeness (QED) is 0.867. The molecule has 1 aliphatic carbocycles. The lowest BCUT2D eigenvalue weighted by Crippen LogP contribution is -2.56. The van der Waals surface area contributed by atoms with E-state index in [0.29, 0.717) is 12.8 Å². The number of rotatable bonds is 4. The fraction of sp³-hybridized carbons (Fsp3) is 0.533. The van der Waals surface area contributed by atoms with Gasteiger partial charge in [0.25, 0.3) is 0 Å². The van der Waals surface area contributed by atoms with E-state index < -0.39 is 11.4 Å². The van der Waals surface area contributed by atoms with E-state index in [4.69, 9.17) is 16.2 Å². The summed E-state index contributed by atoms with van der Waals surface area (Å²) >= 11 is 0. The molecule has 4 heteroatoms. The lowest BCUT2D eigenvalue weighted by Gasteiger charge is -2.35. The van der Waals surface area contributed by atoms with Crippen molar-refractivity contribution in [1.29, 1.82) is 0 Å². The second-order valence-corrected chi connectivity index (χ2v) is 5.35. The van der Waals surface area contributed by atoms with Crippen LogP contribution < -0.4 is 16.2 Å². The number of amides is 1. The molecule has 1 amide bonds. The highest BCUT2D eigenvalue weighted by Crippen LogP contribution is 2.29. The minimum absolute atomic E-state index is 0.0290. The summed E-state index contributed by atoms with van der Waals surface area (Å²) in [5.74, 6) is 0.401. The number of benzene rings is 1. The number of primary amides is 1. The standard InChI is InChI=1S/C15H22N2O2/c1-2-11-5-7-12(8-6-11)19-13-4-3-9-15(17,10-13)14(16)18/h5-8,13H,2-4,9-10,17H2,1H3,(H2,16,18). The number of aryl methyl sites for hydroxylation is 1. The maximum absolute atomic E-state index is 11.4. The van der Waals surface area contributed by atoms with Gasteiger partial charge in [-0.15, -0.1) is 0 Å². The van der Waals surface area contributed by atoms with Gasteiger partial charge in [0.05, 0.1) is 5.54 Å². The van der Waals surface area contributed by atoms with Gasteiger partial charge >= 0.3 is 0 Å². The lowest BCUT2D eigenvalue weighted by molar-refractivity contribution is -0.125. The van der Waals surface area contributed by atoms with Crippen molar-refractivity contribution >= 4 is 5.91 Å². The van der Waals surface area contributed by atoms with Gasteiger partial charge in [0.2, 0.25) is 5.91 Å². The molecule has 0 saturated heterocycles. The molecule has 4 N–H and O–H groups in total. The number of hydrogen-bond acceptors (Lipinski definition) is 3. The number of nitrogens with two attached hydrogens (primary N) is 2. The zero-order valence-electron chi connectivity index (χ0n) is 11.4. The predicted molar refractivity (Wildman–Crippen MR) is 74.8 cm³/mol. The Morgan fingerprint density at radius 2 is 2.11 bits per heavy atom. The van der Waals surface area contributed by atoms with Gasteiger partial charge in [0.1, 0.15) is 11.9 Å². The molecular weight excluding hydrogens is 240 g/mol. The zero-order chi connectivity index (χ0) is 13.9. The fourth-order valence-electron chi connectivity index (χ4n) is 2.58. The summed E-state index contributed by atoms with van der Waals surface area (Å²) in [5, 5.41) is 0. The first-order valence-electron chi connectivity index (χ1n) is 6.88. The smallest absolute Gasteiger partial charge is 0.237 e. The van der Waals surface area contributed by atoms with E-state index in [1.807, 2.05) is 12.1 Å². The molecule has 2 atom stereocenters. The molecule has 1 aliphatic rings. The van der Waals surface area contributed by atoms with Crippen LogP contribution in [0.3, 0.4) is 0 Å². The highest BCUT2D eigenvalue weighted by atomic mass is 16.5. The molecule has 0 spiro atoms. The van der Waals surface area contributed by atoms with Crippen LogP contribution in [0.2, 0.25) is 0 Å². The number of carbonyl (C=O) groups excluding carboxylic acids is 1. The SMILES string of the molecule is CCc1ccc(OC2CCCC(N)(C(N)=O)C2)cc1. The van der Waals surface area contributed by atoms with E-state index in [0.717, 1.165) is 25.0 Å². The van der Waals surface area contributed by atoms with Gasteiger partial charge < -0.3 is 16.2 Å². The van der Waals surface area contributed by atoms with E-state index in [-0.39, 0.29) is 6.10 Å². The second-order valence-electron chi connectivity index (χ2n) is 5.35. The summed E-state index contributed by atoms with van der Waals surface area (Å²) in [4.78, 5) is 11.4. The van der Waals surface area contributed by atoms with Crippen LogP contribution in [0.4, 0.5) is 0 Å². The molecule has 0 radical (unpaired) electrons. The van der Waals surface area contributed by atoms with Crippen molar-refractivity contribution in [3.63, 3.8) is 0 Å². The topological polar surface area (TPSA) is 78.3 Å². The van der Waals surface area contributed by atoms with Gasteiger partial charge in [-0.1, -0.05) is 19.1 Å². The van der Waals surface area contributed by atoms with Crippen LogP contribution >= 0.6 is 0 Å². The Morgan fingerprint density at radius 3 is 2.68 bits per heavy atom. The monoisotopic (exact) mass is 262 g/mol. The van der Waals surface area contributed by atoms with Crippen LogP contribution in [0.5, 0.6) is 5.75 Å². The fourth-order valence-corrected chi connectivity index (χ4v) is 2.58. The minimum Gasteiger partial charge on any atom is -0.490 e. The summed E-state index contributed by atoms with van der Waals surface area (Å²) in [7, 11) is 0. The van der Waals surface area contributed by atoms with E-state index in [9.17, 15) is 4.79 Å². The number of ether oxygens (including phenoxy) is 1. The van der Waals surface area contributed by atoms with Crippen LogP contribution in [0.15, 0.2) is 24.3 Å². The van der Waals surface area contributed by atoms with E-state index >= 15 is 0 Å². The first-order chi connectivity index (χ1) is 9.03. The van der Waals surface area contributed by atoms with Crippen molar-refractivity contribution in [2.75, 3.05) is 0 Å². The van der Waals surface area contributed by atoms with Crippen LogP contribution in [0.1, 0.15) is 38.2 Å². The van der Waals surface area contributed by atoms with Crippen molar-refractivity contribution in [1.82, 2.24) is 0 Å². The van der Waals surface area contributed by atoms with Crippen molar-refractivity contribution < 1.29 is 9.53 Å². The maximum Gasteiger partial charge on any atom is 0.237 e. The van der Waals surface area contributed by atoms with Crippen LogP contribution in [-0.2, 0) is 11.2 Å². The molecule has 104 valence electrons. The molecule has 1 aromatic rings. The van der Waals surface area contributed by atoms with Gasteiger partial charge in [-0.05, 0) is 43.4 Å². The minimum atomic E-state index is -0.910. The molecule has 1 fully saturated rings. The van der Waals surface area contributed by atoms with Crippen molar-refractivity contribution in [3.8, 4) is 5.75 Å². The maximum atomic E-state index is 11.4. The van der Waals surface area contributed by atoms with Gasteiger partial charge in [0, 0.05) is 6.42 Å². The molecule has 0 aromatic heterocycles. The average molecular weight is 262 g/mol. The van der Waals surface area contributed by atoms with Crippen LogP contribution in [0.25, 0.3) is 0 Å². The molecule has 2 rings (SSSR count). The van der Waals surface area contributed by atoms with Gasteiger partial charge in [0.15, 0.2) is 0 Å². The van der Waals surface area contributed by atoms with Gasteiger partial charge in [-0.3, -0.25) is 4.79 Å². The molecule has 1 aromatic carbocycles. The van der Waals surface area contributed by atoms with Gasteiger partial charge in [-0.25, -0.2) is 0 Å². The predicted octanol–water partition coefficient (Wildman–Crippen LogP) is 1.75. The summed E-state index contributed by atoms with van der Waals surface area (Å²) in [5.41, 5.74) is 11.8. The van der Waals surface area contributed by atoms with E-state index in [1.165, 1.54) is 5.56 Å². The molecule has 0 bridgehead atoms. The Hall–Kier alpha value is -1.55. The molecule has 0 aliphatic heterocycles. The molecule has 2 unspecified atom stereocenters.